The minimum Gasteiger partial charge on any atom is -0.366 e. The molecule has 1 spiro atoms. The number of nitrogens with one attached hydrogen (secondary N) is 1. The summed E-state index contributed by atoms with van der Waals surface area (Å²) in [6.07, 6.45) is 7.76. The van der Waals surface area contributed by atoms with Gasteiger partial charge in [-0.2, -0.15) is 0 Å². The van der Waals surface area contributed by atoms with Crippen LogP contribution >= 0.6 is 0 Å². The Morgan fingerprint density at radius 3 is 2.31 bits per heavy atom. The maximum Gasteiger partial charge on any atom is 0.250 e. The van der Waals surface area contributed by atoms with Gasteiger partial charge in [-0.3, -0.25) is 19.2 Å². The summed E-state index contributed by atoms with van der Waals surface area (Å²) in [4.78, 5) is 57.2. The first kappa shape index (κ1) is 26.7. The van der Waals surface area contributed by atoms with Gasteiger partial charge in [-0.1, -0.05) is 55.7 Å². The van der Waals surface area contributed by atoms with Crippen LogP contribution < -0.4 is 16.0 Å². The molecule has 4 amide bonds. The Morgan fingerprint density at radius 2 is 1.62 bits per heavy atom. The third kappa shape index (κ3) is 5.62. The van der Waals surface area contributed by atoms with Crippen molar-refractivity contribution in [3.05, 3.63) is 72.1 Å². The molecule has 5 rings (SSSR count). The minimum atomic E-state index is -0.825. The van der Waals surface area contributed by atoms with Crippen LogP contribution in [-0.2, 0) is 14.4 Å². The highest BCUT2D eigenvalue weighted by molar-refractivity contribution is 5.99. The first-order valence-electron chi connectivity index (χ1n) is 13.8. The van der Waals surface area contributed by atoms with E-state index in [1.165, 1.54) is 12.8 Å². The van der Waals surface area contributed by atoms with Gasteiger partial charge >= 0.3 is 0 Å². The third-order valence-electron chi connectivity index (χ3n) is 8.29. The molecule has 1 radical (unpaired) electrons. The lowest BCUT2D eigenvalue weighted by molar-refractivity contribution is -0.139. The maximum absolute atomic E-state index is 13.9. The Morgan fingerprint density at radius 1 is 0.949 bits per heavy atom. The summed E-state index contributed by atoms with van der Waals surface area (Å²) in [5.41, 5.74) is 6.34. The average Bonchev–Trinajstić information content (AvgIpc) is 3.20. The maximum atomic E-state index is 13.9. The largest absolute Gasteiger partial charge is 0.366 e. The van der Waals surface area contributed by atoms with Gasteiger partial charge in [0.05, 0.1) is 13.1 Å². The molecule has 3 aliphatic rings. The minimum absolute atomic E-state index is 0.0285. The molecular formula is C30H36N5O4. The lowest BCUT2D eigenvalue weighted by Gasteiger charge is -2.43. The Balaban J connectivity index is 1.29. The number of anilines is 1. The fourth-order valence-electron chi connectivity index (χ4n) is 6.18. The van der Waals surface area contributed by atoms with Gasteiger partial charge in [-0.25, -0.2) is 0 Å². The molecule has 3 fully saturated rings. The average molecular weight is 531 g/mol. The smallest absolute Gasteiger partial charge is 0.250 e. The van der Waals surface area contributed by atoms with Crippen LogP contribution in [0.15, 0.2) is 54.6 Å². The summed E-state index contributed by atoms with van der Waals surface area (Å²) in [7, 11) is 0. The van der Waals surface area contributed by atoms with Crippen LogP contribution in [0, 0.1) is 6.42 Å². The molecule has 1 saturated carbocycles. The SMILES string of the molecule is NC(=O)c1ccccc1[CH]C(=O)N1CCC2(CC1)C(=O)N(CC(=O)NC1CCCCC1)CN2c1ccccc1. The Kier molecular flexibility index (Phi) is 7.86. The molecule has 39 heavy (non-hydrogen) atoms. The van der Waals surface area contributed by atoms with Crippen LogP contribution in [0.1, 0.15) is 60.9 Å². The molecule has 2 saturated heterocycles. The highest BCUT2D eigenvalue weighted by atomic mass is 16.2. The van der Waals surface area contributed by atoms with Crippen molar-refractivity contribution < 1.29 is 19.2 Å². The van der Waals surface area contributed by atoms with Crippen molar-refractivity contribution in [3.63, 3.8) is 0 Å². The lowest BCUT2D eigenvalue weighted by Crippen LogP contribution is -2.57. The molecule has 9 nitrogen and oxygen atoms in total. The zero-order chi connectivity index (χ0) is 27.4. The Hall–Kier alpha value is -3.88. The summed E-state index contributed by atoms with van der Waals surface area (Å²) in [5.74, 6) is -0.996. The molecule has 1 aliphatic carbocycles. The molecule has 0 unspecified atom stereocenters. The second kappa shape index (κ2) is 11.5. The van der Waals surface area contributed by atoms with Crippen LogP contribution in [0.2, 0.25) is 0 Å². The van der Waals surface area contributed by atoms with Gasteiger partial charge in [0.1, 0.15) is 12.1 Å². The molecule has 3 N–H and O–H groups in total. The van der Waals surface area contributed by atoms with E-state index in [9.17, 15) is 19.2 Å². The number of hydrogen-bond donors (Lipinski definition) is 2. The third-order valence-corrected chi connectivity index (χ3v) is 8.29. The summed E-state index contributed by atoms with van der Waals surface area (Å²) in [5, 5.41) is 3.13. The van der Waals surface area contributed by atoms with E-state index in [-0.39, 0.29) is 30.3 Å². The summed E-state index contributed by atoms with van der Waals surface area (Å²) >= 11 is 0. The van der Waals surface area contributed by atoms with Gasteiger partial charge in [0.15, 0.2) is 0 Å². The van der Waals surface area contributed by atoms with Crippen molar-refractivity contribution in [2.45, 2.75) is 56.5 Å². The van der Waals surface area contributed by atoms with Gasteiger partial charge < -0.3 is 25.8 Å². The van der Waals surface area contributed by atoms with E-state index in [0.717, 1.165) is 31.4 Å². The molecule has 2 aromatic carbocycles. The molecule has 205 valence electrons. The highest BCUT2D eigenvalue weighted by Gasteiger charge is 2.54. The highest BCUT2D eigenvalue weighted by Crippen LogP contribution is 2.39. The second-order valence-corrected chi connectivity index (χ2v) is 10.8. The van der Waals surface area contributed by atoms with E-state index in [4.69, 9.17) is 5.73 Å². The topological polar surface area (TPSA) is 116 Å². The number of nitrogens with two attached hydrogens (primary N) is 1. The molecule has 0 atom stereocenters. The molecule has 2 aromatic rings. The van der Waals surface area contributed by atoms with Crippen LogP contribution in [-0.4, -0.2) is 71.3 Å². The second-order valence-electron chi connectivity index (χ2n) is 10.8. The fraction of sp³-hybridized carbons (Fsp3) is 0.433. The zero-order valence-electron chi connectivity index (χ0n) is 22.2. The quantitative estimate of drug-likeness (QED) is 0.571. The Labute approximate surface area is 229 Å². The molecule has 2 heterocycles. The summed E-state index contributed by atoms with van der Waals surface area (Å²) in [6, 6.07) is 16.7. The van der Waals surface area contributed by atoms with Crippen molar-refractivity contribution in [3.8, 4) is 0 Å². The zero-order valence-corrected chi connectivity index (χ0v) is 22.2. The van der Waals surface area contributed by atoms with Gasteiger partial charge in [0.2, 0.25) is 17.7 Å². The van der Waals surface area contributed by atoms with E-state index in [0.29, 0.717) is 43.7 Å². The summed E-state index contributed by atoms with van der Waals surface area (Å²) < 4.78 is 0. The van der Waals surface area contributed by atoms with E-state index < -0.39 is 11.4 Å². The van der Waals surface area contributed by atoms with E-state index in [1.807, 2.05) is 30.3 Å². The van der Waals surface area contributed by atoms with Gasteiger partial charge in [0, 0.05) is 30.4 Å². The normalized spacial score (nSPS) is 19.4. The van der Waals surface area contributed by atoms with E-state index in [1.54, 1.807) is 34.1 Å². The molecular weight excluding hydrogens is 494 g/mol. The lowest BCUT2D eigenvalue weighted by atomic mass is 9.85. The van der Waals surface area contributed by atoms with Crippen LogP contribution in [0.5, 0.6) is 0 Å². The number of para-hydroxylation sites is 1. The standard InChI is InChI=1S/C30H36N5O4/c31-28(38)25-14-8-7-9-22(25)19-27(37)33-17-15-30(16-18-33)29(39)34(21-35(30)24-12-5-2-6-13-24)20-26(36)32-23-10-3-1-4-11-23/h2,5-9,12-14,19,23H,1,3-4,10-11,15-18,20-21H2,(H2,31,38)(H,32,36). The Bertz CT molecular complexity index is 1220. The van der Waals surface area contributed by atoms with Crippen LogP contribution in [0.4, 0.5) is 5.69 Å². The number of hydrogen-bond acceptors (Lipinski definition) is 5. The molecule has 2 aliphatic heterocycles. The fourth-order valence-corrected chi connectivity index (χ4v) is 6.18. The predicted octanol–water partition coefficient (Wildman–Crippen LogP) is 2.45. The van der Waals surface area contributed by atoms with Gasteiger partial charge in [-0.15, -0.1) is 0 Å². The molecule has 0 aromatic heterocycles. The number of rotatable bonds is 7. The number of benzene rings is 2. The number of amides is 4. The first-order chi connectivity index (χ1) is 18.9. The van der Waals surface area contributed by atoms with Crippen molar-refractivity contribution in [1.82, 2.24) is 15.1 Å². The van der Waals surface area contributed by atoms with Crippen LogP contribution in [0.3, 0.4) is 0 Å². The number of likely N-dealkylation sites (tertiary alicyclic amines) is 1. The number of primary amides is 1. The van der Waals surface area contributed by atoms with Gasteiger partial charge in [0.25, 0.3) is 5.91 Å². The summed E-state index contributed by atoms with van der Waals surface area (Å²) in [6.45, 7) is 1.12. The first-order valence-corrected chi connectivity index (χ1v) is 13.8. The van der Waals surface area contributed by atoms with Crippen molar-refractivity contribution in [2.75, 3.05) is 31.2 Å². The number of carbonyl (C=O) groups is 4. The monoisotopic (exact) mass is 530 g/mol. The van der Waals surface area contributed by atoms with Crippen LogP contribution in [0.25, 0.3) is 0 Å². The number of carbonyl (C=O) groups excluding carboxylic acids is 4. The van der Waals surface area contributed by atoms with E-state index in [2.05, 4.69) is 10.2 Å². The molecule has 9 heteroatoms. The number of nitrogens with zero attached hydrogens (tertiary/aromatic N) is 3. The van der Waals surface area contributed by atoms with E-state index >= 15 is 0 Å². The van der Waals surface area contributed by atoms with Crippen molar-refractivity contribution in [1.29, 1.82) is 0 Å². The van der Waals surface area contributed by atoms with Crippen molar-refractivity contribution >= 4 is 29.3 Å². The molecule has 0 bridgehead atoms. The van der Waals surface area contributed by atoms with Gasteiger partial charge in [-0.05, 0) is 49.4 Å². The van der Waals surface area contributed by atoms with Crippen molar-refractivity contribution in [2.24, 2.45) is 5.73 Å². The predicted molar refractivity (Wildman–Crippen MR) is 147 cm³/mol. The number of piperidine rings is 1.